The van der Waals surface area contributed by atoms with E-state index >= 15 is 0 Å². The lowest BCUT2D eigenvalue weighted by Crippen LogP contribution is -1.97. The molecule has 0 unspecified atom stereocenters. The molecule has 5 heteroatoms. The van der Waals surface area contributed by atoms with Crippen LogP contribution in [0.2, 0.25) is 5.15 Å². The van der Waals surface area contributed by atoms with E-state index in [1.807, 2.05) is 19.1 Å². The number of aryl methyl sites for hydroxylation is 2. The molecule has 0 saturated carbocycles. The summed E-state index contributed by atoms with van der Waals surface area (Å²) in [5, 5.41) is 0.958. The SMILES string of the molecule is Cc1cc(-c2nc(Cl)c3cccc(C)c3n2)c(F)cc1F. The van der Waals surface area contributed by atoms with E-state index in [-0.39, 0.29) is 16.5 Å². The Labute approximate surface area is 125 Å². The van der Waals surface area contributed by atoms with Crippen molar-refractivity contribution in [1.82, 2.24) is 9.97 Å². The van der Waals surface area contributed by atoms with Gasteiger partial charge in [0.25, 0.3) is 0 Å². The molecule has 0 aliphatic heterocycles. The summed E-state index contributed by atoms with van der Waals surface area (Å²) in [5.74, 6) is -1.15. The second kappa shape index (κ2) is 5.04. The van der Waals surface area contributed by atoms with Gasteiger partial charge in [-0.1, -0.05) is 23.7 Å². The van der Waals surface area contributed by atoms with Gasteiger partial charge in [0.2, 0.25) is 0 Å². The number of nitrogens with zero attached hydrogens (tertiary/aromatic N) is 2. The van der Waals surface area contributed by atoms with E-state index in [4.69, 9.17) is 11.6 Å². The Balaban J connectivity index is 2.31. The minimum absolute atomic E-state index is 0.140. The van der Waals surface area contributed by atoms with Gasteiger partial charge < -0.3 is 0 Å². The van der Waals surface area contributed by atoms with Crippen LogP contribution in [0.4, 0.5) is 8.78 Å². The highest BCUT2D eigenvalue weighted by Gasteiger charge is 2.15. The fraction of sp³-hybridized carbons (Fsp3) is 0.125. The molecule has 0 aliphatic carbocycles. The summed E-state index contributed by atoms with van der Waals surface area (Å²) < 4.78 is 27.4. The third-order valence-corrected chi connectivity index (χ3v) is 3.66. The Bertz CT molecular complexity index is 863. The van der Waals surface area contributed by atoms with Gasteiger partial charge in [0.15, 0.2) is 5.82 Å². The van der Waals surface area contributed by atoms with Crippen LogP contribution in [0, 0.1) is 25.5 Å². The van der Waals surface area contributed by atoms with Gasteiger partial charge in [-0.2, -0.15) is 0 Å². The first-order valence-electron chi connectivity index (χ1n) is 6.36. The molecule has 106 valence electrons. The number of para-hydroxylation sites is 1. The summed E-state index contributed by atoms with van der Waals surface area (Å²) in [7, 11) is 0. The fourth-order valence-corrected chi connectivity index (χ4v) is 2.44. The van der Waals surface area contributed by atoms with Crippen LogP contribution in [0.5, 0.6) is 0 Å². The van der Waals surface area contributed by atoms with Crippen molar-refractivity contribution in [3.05, 3.63) is 58.2 Å². The molecule has 0 amide bonds. The Kier molecular flexibility index (Phi) is 3.33. The smallest absolute Gasteiger partial charge is 0.164 e. The van der Waals surface area contributed by atoms with Crippen LogP contribution in [-0.2, 0) is 0 Å². The third kappa shape index (κ3) is 2.36. The molecule has 21 heavy (non-hydrogen) atoms. The highest BCUT2D eigenvalue weighted by Crippen LogP contribution is 2.28. The quantitative estimate of drug-likeness (QED) is 0.601. The molecule has 0 N–H and O–H groups in total. The number of hydrogen-bond acceptors (Lipinski definition) is 2. The zero-order chi connectivity index (χ0) is 15.1. The van der Waals surface area contributed by atoms with E-state index < -0.39 is 11.6 Å². The zero-order valence-corrected chi connectivity index (χ0v) is 12.2. The standard InChI is InChI=1S/C16H11ClF2N2/c1-8-4-3-5-10-14(8)20-16(21-15(10)17)11-6-9(2)12(18)7-13(11)19/h3-7H,1-2H3. The maximum Gasteiger partial charge on any atom is 0.164 e. The highest BCUT2D eigenvalue weighted by atomic mass is 35.5. The van der Waals surface area contributed by atoms with Gasteiger partial charge in [0.05, 0.1) is 11.1 Å². The van der Waals surface area contributed by atoms with E-state index in [1.54, 1.807) is 13.0 Å². The van der Waals surface area contributed by atoms with Crippen molar-refractivity contribution in [3.63, 3.8) is 0 Å². The summed E-state index contributed by atoms with van der Waals surface area (Å²) in [6.45, 7) is 3.45. The number of aromatic nitrogens is 2. The fourth-order valence-electron chi connectivity index (χ4n) is 2.21. The van der Waals surface area contributed by atoms with Crippen molar-refractivity contribution < 1.29 is 8.78 Å². The number of hydrogen-bond donors (Lipinski definition) is 0. The van der Waals surface area contributed by atoms with E-state index in [0.717, 1.165) is 11.6 Å². The molecule has 0 atom stereocenters. The molecule has 0 bridgehead atoms. The van der Waals surface area contributed by atoms with Crippen LogP contribution in [0.25, 0.3) is 22.3 Å². The molecule has 0 saturated heterocycles. The summed E-state index contributed by atoms with van der Waals surface area (Å²) >= 11 is 6.16. The predicted molar refractivity (Wildman–Crippen MR) is 79.4 cm³/mol. The van der Waals surface area contributed by atoms with Gasteiger partial charge in [-0.3, -0.25) is 0 Å². The monoisotopic (exact) mass is 304 g/mol. The minimum atomic E-state index is -0.706. The van der Waals surface area contributed by atoms with E-state index in [2.05, 4.69) is 9.97 Å². The Hall–Kier alpha value is -2.07. The molecular weight excluding hydrogens is 294 g/mol. The first-order valence-corrected chi connectivity index (χ1v) is 6.74. The van der Waals surface area contributed by atoms with Crippen molar-refractivity contribution in [2.45, 2.75) is 13.8 Å². The first-order chi connectivity index (χ1) is 9.97. The van der Waals surface area contributed by atoms with E-state index in [1.165, 1.54) is 6.07 Å². The average molecular weight is 305 g/mol. The summed E-state index contributed by atoms with van der Waals surface area (Å²) in [6, 6.07) is 7.78. The van der Waals surface area contributed by atoms with Crippen LogP contribution < -0.4 is 0 Å². The molecule has 0 radical (unpaired) electrons. The minimum Gasteiger partial charge on any atom is -0.228 e. The number of fused-ring (bicyclic) bond motifs is 1. The van der Waals surface area contributed by atoms with Gasteiger partial charge in [0.1, 0.15) is 16.8 Å². The van der Waals surface area contributed by atoms with Gasteiger partial charge >= 0.3 is 0 Å². The normalized spacial score (nSPS) is 11.1. The lowest BCUT2D eigenvalue weighted by atomic mass is 10.1. The van der Waals surface area contributed by atoms with Gasteiger partial charge in [-0.15, -0.1) is 0 Å². The molecule has 0 spiro atoms. The molecular formula is C16H11ClF2N2. The zero-order valence-electron chi connectivity index (χ0n) is 11.4. The highest BCUT2D eigenvalue weighted by molar-refractivity contribution is 6.34. The van der Waals surface area contributed by atoms with Crippen molar-refractivity contribution in [2.75, 3.05) is 0 Å². The summed E-state index contributed by atoms with van der Waals surface area (Å²) in [5.41, 5.74) is 2.04. The van der Waals surface area contributed by atoms with Crippen LogP contribution in [-0.4, -0.2) is 9.97 Å². The Morgan fingerprint density at radius 1 is 0.952 bits per heavy atom. The lowest BCUT2D eigenvalue weighted by molar-refractivity contribution is 0.579. The Morgan fingerprint density at radius 3 is 2.48 bits per heavy atom. The second-order valence-electron chi connectivity index (χ2n) is 4.89. The van der Waals surface area contributed by atoms with Crippen LogP contribution in [0.3, 0.4) is 0 Å². The summed E-state index contributed by atoms with van der Waals surface area (Å²) in [6.07, 6.45) is 0. The molecule has 2 nitrogen and oxygen atoms in total. The van der Waals surface area contributed by atoms with Gasteiger partial charge in [0, 0.05) is 11.5 Å². The van der Waals surface area contributed by atoms with E-state index in [0.29, 0.717) is 16.5 Å². The molecule has 3 rings (SSSR count). The molecule has 1 aromatic heterocycles. The second-order valence-corrected chi connectivity index (χ2v) is 5.25. The molecule has 2 aromatic carbocycles. The van der Waals surface area contributed by atoms with Crippen molar-refractivity contribution in [1.29, 1.82) is 0 Å². The third-order valence-electron chi connectivity index (χ3n) is 3.37. The van der Waals surface area contributed by atoms with Crippen molar-refractivity contribution in [3.8, 4) is 11.4 Å². The van der Waals surface area contributed by atoms with Gasteiger partial charge in [-0.05, 0) is 37.1 Å². The van der Waals surface area contributed by atoms with Crippen LogP contribution >= 0.6 is 11.6 Å². The maximum atomic E-state index is 14.0. The Morgan fingerprint density at radius 2 is 1.71 bits per heavy atom. The molecule has 0 aliphatic rings. The van der Waals surface area contributed by atoms with Gasteiger partial charge in [-0.25, -0.2) is 18.7 Å². The average Bonchev–Trinajstić information content (AvgIpc) is 2.44. The summed E-state index contributed by atoms with van der Waals surface area (Å²) in [4.78, 5) is 8.52. The molecule has 1 heterocycles. The topological polar surface area (TPSA) is 25.8 Å². The van der Waals surface area contributed by atoms with E-state index in [9.17, 15) is 8.78 Å². The van der Waals surface area contributed by atoms with Crippen molar-refractivity contribution in [2.24, 2.45) is 0 Å². The largest absolute Gasteiger partial charge is 0.228 e. The van der Waals surface area contributed by atoms with Crippen LogP contribution in [0.1, 0.15) is 11.1 Å². The van der Waals surface area contributed by atoms with Crippen molar-refractivity contribution >= 4 is 22.5 Å². The number of benzene rings is 2. The maximum absolute atomic E-state index is 14.0. The number of rotatable bonds is 1. The predicted octanol–water partition coefficient (Wildman–Crippen LogP) is 4.85. The van der Waals surface area contributed by atoms with Crippen LogP contribution in [0.15, 0.2) is 30.3 Å². The lowest BCUT2D eigenvalue weighted by Gasteiger charge is -2.08. The molecule has 3 aromatic rings. The first kappa shape index (κ1) is 13.9. The number of halogens is 3. The molecule has 0 fully saturated rings.